The summed E-state index contributed by atoms with van der Waals surface area (Å²) < 4.78 is 44.0. The van der Waals surface area contributed by atoms with Gasteiger partial charge in [-0.15, -0.1) is 0 Å². The summed E-state index contributed by atoms with van der Waals surface area (Å²) in [7, 11) is 0. The van der Waals surface area contributed by atoms with E-state index in [0.717, 1.165) is 0 Å². The molecule has 0 aliphatic heterocycles. The van der Waals surface area contributed by atoms with Crippen molar-refractivity contribution in [2.45, 2.75) is 25.1 Å². The number of nitrogens with two attached hydrogens (primary N) is 1. The van der Waals surface area contributed by atoms with E-state index in [0.29, 0.717) is 0 Å². The normalized spacial score (nSPS) is 28.0. The lowest BCUT2D eigenvalue weighted by Crippen LogP contribution is -2.51. The molecule has 1 aromatic rings. The third kappa shape index (κ3) is 2.12. The third-order valence-corrected chi connectivity index (χ3v) is 3.73. The topological polar surface area (TPSA) is 69.4 Å². The highest BCUT2D eigenvalue weighted by atomic mass is 19.4. The summed E-state index contributed by atoms with van der Waals surface area (Å²) in [6.07, 6.45) is -5.67. The second-order valence-electron chi connectivity index (χ2n) is 4.97. The van der Waals surface area contributed by atoms with Gasteiger partial charge >= 0.3 is 12.1 Å². The van der Waals surface area contributed by atoms with Crippen LogP contribution < -0.4 is 5.73 Å². The Labute approximate surface area is 119 Å². The molecule has 1 aromatic carbocycles. The predicted molar refractivity (Wildman–Crippen MR) is 67.4 cm³/mol. The zero-order valence-corrected chi connectivity index (χ0v) is 11.2. The minimum absolute atomic E-state index is 0.00197. The fraction of sp³-hybridized carbons (Fsp3) is 0.429. The minimum atomic E-state index is -4.87. The fourth-order valence-corrected chi connectivity index (χ4v) is 2.44. The lowest BCUT2D eigenvalue weighted by Gasteiger charge is -2.22. The summed E-state index contributed by atoms with van der Waals surface area (Å²) in [4.78, 5) is 24.4. The van der Waals surface area contributed by atoms with Crippen molar-refractivity contribution in [1.82, 2.24) is 0 Å². The molecular formula is C14H14F3NO3. The Hall–Kier alpha value is -1.89. The molecule has 1 saturated carbocycles. The van der Waals surface area contributed by atoms with Crippen molar-refractivity contribution in [1.29, 1.82) is 0 Å². The van der Waals surface area contributed by atoms with Gasteiger partial charge in [-0.1, -0.05) is 30.3 Å². The number of carbonyl (C=O) groups is 2. The number of hydrogen-bond acceptors (Lipinski definition) is 4. The molecule has 2 atom stereocenters. The number of alkyl halides is 3. The number of Topliss-reactive ketones (excluding diaryl/α,β-unsaturated/α-hetero) is 1. The molecule has 2 N–H and O–H groups in total. The Morgan fingerprint density at radius 2 is 1.86 bits per heavy atom. The number of rotatable bonds is 4. The van der Waals surface area contributed by atoms with Crippen LogP contribution in [0, 0.1) is 5.41 Å². The number of halogens is 3. The maximum Gasteiger partial charge on any atom is 0.408 e. The molecule has 0 radical (unpaired) electrons. The predicted octanol–water partition coefficient (Wildman–Crippen LogP) is 2.08. The van der Waals surface area contributed by atoms with Crippen LogP contribution in [-0.4, -0.2) is 30.1 Å². The van der Waals surface area contributed by atoms with E-state index in [1.807, 2.05) is 0 Å². The first-order chi connectivity index (χ1) is 9.70. The van der Waals surface area contributed by atoms with E-state index in [1.54, 1.807) is 6.07 Å². The Kier molecular flexibility index (Phi) is 3.57. The molecule has 0 aromatic heterocycles. The third-order valence-electron chi connectivity index (χ3n) is 3.73. The van der Waals surface area contributed by atoms with Crippen LogP contribution in [0.3, 0.4) is 0 Å². The molecular weight excluding hydrogens is 287 g/mol. The number of benzene rings is 1. The smallest absolute Gasteiger partial charge is 0.408 e. The molecule has 0 spiro atoms. The summed E-state index contributed by atoms with van der Waals surface area (Å²) in [6.45, 7) is 1.32. The largest absolute Gasteiger partial charge is 0.465 e. The molecule has 1 fully saturated rings. The van der Waals surface area contributed by atoms with Crippen LogP contribution in [-0.2, 0) is 9.53 Å². The number of esters is 1. The van der Waals surface area contributed by atoms with Crippen LogP contribution in [0.25, 0.3) is 0 Å². The average molecular weight is 301 g/mol. The van der Waals surface area contributed by atoms with Gasteiger partial charge in [-0.2, -0.15) is 13.2 Å². The molecule has 1 aliphatic rings. The molecule has 0 bridgehead atoms. The summed E-state index contributed by atoms with van der Waals surface area (Å²) in [5.41, 5.74) is 0.0655. The summed E-state index contributed by atoms with van der Waals surface area (Å²) >= 11 is 0. The lowest BCUT2D eigenvalue weighted by atomic mass is 9.89. The Bertz CT molecular complexity index is 573. The monoisotopic (exact) mass is 301 g/mol. The van der Waals surface area contributed by atoms with Crippen molar-refractivity contribution in [2.24, 2.45) is 11.1 Å². The Morgan fingerprint density at radius 3 is 2.29 bits per heavy atom. The fourth-order valence-electron chi connectivity index (χ4n) is 2.44. The van der Waals surface area contributed by atoms with Crippen molar-refractivity contribution in [2.75, 3.05) is 6.61 Å². The molecule has 7 heteroatoms. The molecule has 0 heterocycles. The molecule has 0 amide bonds. The highest BCUT2D eigenvalue weighted by molar-refractivity contribution is 6.17. The maximum absolute atomic E-state index is 13.1. The summed E-state index contributed by atoms with van der Waals surface area (Å²) in [5.74, 6) is -2.18. The van der Waals surface area contributed by atoms with Crippen molar-refractivity contribution in [3.8, 4) is 0 Å². The lowest BCUT2D eigenvalue weighted by molar-refractivity contribution is -0.174. The quantitative estimate of drug-likeness (QED) is 0.525. The van der Waals surface area contributed by atoms with Gasteiger partial charge in [0, 0.05) is 12.0 Å². The molecule has 4 nitrogen and oxygen atoms in total. The number of carbonyl (C=O) groups excluding carboxylic acids is 2. The van der Waals surface area contributed by atoms with Crippen LogP contribution in [0.2, 0.25) is 0 Å². The van der Waals surface area contributed by atoms with Crippen molar-refractivity contribution < 1.29 is 27.5 Å². The Balaban J connectivity index is 2.46. The first-order valence-corrected chi connectivity index (χ1v) is 6.33. The van der Waals surface area contributed by atoms with Gasteiger partial charge in [0.15, 0.2) is 11.2 Å². The number of ether oxygens (including phenoxy) is 1. The second kappa shape index (κ2) is 4.84. The van der Waals surface area contributed by atoms with E-state index < -0.39 is 35.3 Å². The van der Waals surface area contributed by atoms with Crippen LogP contribution >= 0.6 is 0 Å². The van der Waals surface area contributed by atoms with Gasteiger partial charge in [-0.05, 0) is 6.92 Å². The molecule has 114 valence electrons. The standard InChI is InChI=1S/C14H14F3NO3/c1-2-21-11(20)12(8-13(12,18)14(15,16)17)10(19)9-6-4-3-5-7-9/h3-7H,2,8,18H2,1H3. The van der Waals surface area contributed by atoms with Gasteiger partial charge in [0.05, 0.1) is 6.61 Å². The highest BCUT2D eigenvalue weighted by Crippen LogP contribution is 2.64. The molecule has 2 rings (SSSR count). The SMILES string of the molecule is CCOC(=O)C1(C(=O)c2ccccc2)CC1(N)C(F)(F)F. The van der Waals surface area contributed by atoms with Gasteiger partial charge in [0.25, 0.3) is 0 Å². The molecule has 21 heavy (non-hydrogen) atoms. The first-order valence-electron chi connectivity index (χ1n) is 6.33. The van der Waals surface area contributed by atoms with Crippen molar-refractivity contribution >= 4 is 11.8 Å². The summed E-state index contributed by atoms with van der Waals surface area (Å²) in [6, 6.07) is 7.30. The van der Waals surface area contributed by atoms with E-state index in [-0.39, 0.29) is 12.2 Å². The van der Waals surface area contributed by atoms with E-state index in [9.17, 15) is 22.8 Å². The number of ketones is 1. The van der Waals surface area contributed by atoms with Gasteiger partial charge in [-0.3, -0.25) is 9.59 Å². The molecule has 2 unspecified atom stereocenters. The van der Waals surface area contributed by atoms with E-state index in [2.05, 4.69) is 4.74 Å². The summed E-state index contributed by atoms with van der Waals surface area (Å²) in [5, 5.41) is 0. The molecule has 1 aliphatic carbocycles. The zero-order chi connectivity index (χ0) is 15.9. The van der Waals surface area contributed by atoms with E-state index in [1.165, 1.54) is 31.2 Å². The minimum Gasteiger partial charge on any atom is -0.465 e. The second-order valence-corrected chi connectivity index (χ2v) is 4.97. The van der Waals surface area contributed by atoms with E-state index in [4.69, 9.17) is 5.73 Å². The van der Waals surface area contributed by atoms with Crippen molar-refractivity contribution in [3.63, 3.8) is 0 Å². The van der Waals surface area contributed by atoms with Crippen LogP contribution in [0.1, 0.15) is 23.7 Å². The average Bonchev–Trinajstić information content (AvgIpc) is 3.08. The first kappa shape index (κ1) is 15.5. The van der Waals surface area contributed by atoms with Gasteiger partial charge in [0.1, 0.15) is 5.54 Å². The zero-order valence-electron chi connectivity index (χ0n) is 11.2. The molecule has 0 saturated heterocycles. The van der Waals surface area contributed by atoms with Crippen LogP contribution in [0.15, 0.2) is 30.3 Å². The van der Waals surface area contributed by atoms with Gasteiger partial charge in [0.2, 0.25) is 0 Å². The Morgan fingerprint density at radius 1 is 1.29 bits per heavy atom. The van der Waals surface area contributed by atoms with Gasteiger partial charge < -0.3 is 10.5 Å². The highest BCUT2D eigenvalue weighted by Gasteiger charge is 2.85. The maximum atomic E-state index is 13.1. The van der Waals surface area contributed by atoms with E-state index >= 15 is 0 Å². The van der Waals surface area contributed by atoms with Gasteiger partial charge in [-0.25, -0.2) is 0 Å². The van der Waals surface area contributed by atoms with Crippen molar-refractivity contribution in [3.05, 3.63) is 35.9 Å². The van der Waals surface area contributed by atoms with Crippen LogP contribution in [0.4, 0.5) is 13.2 Å². The van der Waals surface area contributed by atoms with Crippen LogP contribution in [0.5, 0.6) is 0 Å². The number of hydrogen-bond donors (Lipinski definition) is 1.